The lowest BCUT2D eigenvalue weighted by molar-refractivity contribution is -0.148. The van der Waals surface area contributed by atoms with Crippen molar-refractivity contribution < 1.29 is 14.6 Å². The lowest BCUT2D eigenvalue weighted by Crippen LogP contribution is -2.56. The lowest BCUT2D eigenvalue weighted by Gasteiger charge is -2.52. The van der Waals surface area contributed by atoms with Crippen LogP contribution in [-0.4, -0.2) is 41.3 Å². The molecule has 1 aromatic carbocycles. The molecular formula is C25H35NO3. The first-order valence-electron chi connectivity index (χ1n) is 10.8. The predicted molar refractivity (Wildman–Crippen MR) is 115 cm³/mol. The molecule has 4 nitrogen and oxygen atoms in total. The number of esters is 1. The number of nitrogens with zero attached hydrogens (tertiary/aromatic N) is 1. The maximum Gasteiger partial charge on any atom is 0.303 e. The first kappa shape index (κ1) is 22.0. The second kappa shape index (κ2) is 9.01. The zero-order chi connectivity index (χ0) is 21.2. The molecule has 0 heterocycles. The van der Waals surface area contributed by atoms with Gasteiger partial charge >= 0.3 is 5.97 Å². The van der Waals surface area contributed by atoms with E-state index in [1.54, 1.807) is 0 Å². The molecule has 0 aliphatic heterocycles. The largest absolute Gasteiger partial charge is 0.457 e. The fraction of sp³-hybridized carbons (Fsp3) is 0.600. The van der Waals surface area contributed by atoms with E-state index in [-0.39, 0.29) is 17.8 Å². The summed E-state index contributed by atoms with van der Waals surface area (Å²) in [5, 5.41) is 11.6. The summed E-state index contributed by atoms with van der Waals surface area (Å²) in [6.45, 7) is 9.66. The van der Waals surface area contributed by atoms with Crippen molar-refractivity contribution in [2.75, 3.05) is 13.6 Å². The van der Waals surface area contributed by atoms with Crippen LogP contribution < -0.4 is 0 Å². The van der Waals surface area contributed by atoms with E-state index < -0.39 is 11.7 Å². The monoisotopic (exact) mass is 397 g/mol. The van der Waals surface area contributed by atoms with Crippen LogP contribution in [0.15, 0.2) is 42.0 Å². The van der Waals surface area contributed by atoms with Crippen LogP contribution in [0.3, 0.4) is 0 Å². The average molecular weight is 398 g/mol. The second-order valence-electron chi connectivity index (χ2n) is 9.20. The van der Waals surface area contributed by atoms with Crippen molar-refractivity contribution in [2.24, 2.45) is 23.7 Å². The van der Waals surface area contributed by atoms with E-state index in [1.165, 1.54) is 12.5 Å². The van der Waals surface area contributed by atoms with Gasteiger partial charge in [-0.05, 0) is 55.7 Å². The second-order valence-corrected chi connectivity index (χ2v) is 9.20. The minimum absolute atomic E-state index is 0.0122. The van der Waals surface area contributed by atoms with Gasteiger partial charge in [0.2, 0.25) is 0 Å². The van der Waals surface area contributed by atoms with Gasteiger partial charge in [0.25, 0.3) is 0 Å². The Morgan fingerprint density at radius 3 is 2.69 bits per heavy atom. The van der Waals surface area contributed by atoms with Crippen molar-refractivity contribution in [3.63, 3.8) is 0 Å². The zero-order valence-electron chi connectivity index (χ0n) is 18.4. The quantitative estimate of drug-likeness (QED) is 0.579. The van der Waals surface area contributed by atoms with Crippen LogP contribution in [0.4, 0.5) is 0 Å². The molecule has 0 unspecified atom stereocenters. The molecule has 2 radical (unpaired) electrons. The Balaban J connectivity index is 1.73. The van der Waals surface area contributed by atoms with E-state index in [9.17, 15) is 9.90 Å². The van der Waals surface area contributed by atoms with Crippen LogP contribution in [0.5, 0.6) is 0 Å². The normalized spacial score (nSPS) is 33.0. The zero-order valence-corrected chi connectivity index (χ0v) is 18.4. The Hall–Kier alpha value is -1.65. The SMILES string of the molecule is CC(=O)O[C@@H]1[C][C@@]2(O)[C@H](C)CC[C@@H]([C@H](C)CN(C)Cc3ccccc3)[C@H]2C=C1C. The van der Waals surface area contributed by atoms with Crippen LogP contribution in [-0.2, 0) is 16.1 Å². The number of carbonyl (C=O) groups is 1. The van der Waals surface area contributed by atoms with Gasteiger partial charge in [0.15, 0.2) is 0 Å². The molecule has 6 atom stereocenters. The molecule has 0 bridgehead atoms. The third kappa shape index (κ3) is 4.92. The number of hydrogen-bond acceptors (Lipinski definition) is 4. The summed E-state index contributed by atoms with van der Waals surface area (Å²) < 4.78 is 5.41. The van der Waals surface area contributed by atoms with Gasteiger partial charge in [-0.1, -0.05) is 50.3 Å². The molecule has 158 valence electrons. The van der Waals surface area contributed by atoms with Crippen molar-refractivity contribution >= 4 is 5.97 Å². The summed E-state index contributed by atoms with van der Waals surface area (Å²) in [6, 6.07) is 10.5. The Morgan fingerprint density at radius 1 is 1.34 bits per heavy atom. The summed E-state index contributed by atoms with van der Waals surface area (Å²) >= 11 is 0. The average Bonchev–Trinajstić information content (AvgIpc) is 2.64. The number of hydrogen-bond donors (Lipinski definition) is 1. The molecular weight excluding hydrogens is 362 g/mol. The summed E-state index contributed by atoms with van der Waals surface area (Å²) in [6.07, 6.45) is 6.92. The van der Waals surface area contributed by atoms with Crippen LogP contribution in [0.1, 0.15) is 46.1 Å². The molecule has 1 N–H and O–H groups in total. The highest BCUT2D eigenvalue weighted by molar-refractivity contribution is 5.66. The number of benzene rings is 1. The molecule has 1 aromatic rings. The lowest BCUT2D eigenvalue weighted by atomic mass is 9.57. The molecule has 3 rings (SSSR count). The van der Waals surface area contributed by atoms with E-state index in [2.05, 4.69) is 62.6 Å². The van der Waals surface area contributed by atoms with Crippen LogP contribution in [0.25, 0.3) is 0 Å². The van der Waals surface area contributed by atoms with Crippen molar-refractivity contribution in [1.29, 1.82) is 0 Å². The first-order valence-corrected chi connectivity index (χ1v) is 10.8. The van der Waals surface area contributed by atoms with Gasteiger partial charge in [-0.15, -0.1) is 0 Å². The predicted octanol–water partition coefficient (Wildman–Crippen LogP) is 4.12. The van der Waals surface area contributed by atoms with Crippen LogP contribution >= 0.6 is 0 Å². The minimum atomic E-state index is -1.05. The summed E-state index contributed by atoms with van der Waals surface area (Å²) in [7, 11) is 2.16. The summed E-state index contributed by atoms with van der Waals surface area (Å²) in [4.78, 5) is 13.8. The number of aliphatic hydroxyl groups is 1. The molecule has 29 heavy (non-hydrogen) atoms. The van der Waals surface area contributed by atoms with E-state index in [0.29, 0.717) is 11.8 Å². The summed E-state index contributed by atoms with van der Waals surface area (Å²) in [5.74, 6) is 0.575. The van der Waals surface area contributed by atoms with Gasteiger partial charge in [-0.2, -0.15) is 0 Å². The topological polar surface area (TPSA) is 49.8 Å². The molecule has 0 amide bonds. The third-order valence-electron chi connectivity index (χ3n) is 6.78. The molecule has 1 saturated carbocycles. The van der Waals surface area contributed by atoms with E-state index in [1.807, 2.05) is 13.0 Å². The van der Waals surface area contributed by atoms with Gasteiger partial charge in [-0.25, -0.2) is 0 Å². The fourth-order valence-corrected chi connectivity index (χ4v) is 5.19. The highest BCUT2D eigenvalue weighted by Gasteiger charge is 2.53. The van der Waals surface area contributed by atoms with Crippen molar-refractivity contribution in [1.82, 2.24) is 4.90 Å². The third-order valence-corrected chi connectivity index (χ3v) is 6.78. The first-order chi connectivity index (χ1) is 13.7. The maximum atomic E-state index is 11.6. The van der Waals surface area contributed by atoms with E-state index in [0.717, 1.165) is 31.5 Å². The molecule has 2 aliphatic carbocycles. The van der Waals surface area contributed by atoms with Crippen LogP contribution in [0.2, 0.25) is 0 Å². The Morgan fingerprint density at radius 2 is 2.03 bits per heavy atom. The molecule has 0 aromatic heterocycles. The number of carbonyl (C=O) groups excluding carboxylic acids is 1. The van der Waals surface area contributed by atoms with Gasteiger partial charge in [0.05, 0.1) is 12.0 Å². The number of ether oxygens (including phenoxy) is 1. The highest BCUT2D eigenvalue weighted by atomic mass is 16.5. The molecule has 1 fully saturated rings. The molecule has 2 aliphatic rings. The number of fused-ring (bicyclic) bond motifs is 1. The molecule has 0 spiro atoms. The van der Waals surface area contributed by atoms with Gasteiger partial charge < -0.3 is 14.7 Å². The fourth-order valence-electron chi connectivity index (χ4n) is 5.19. The summed E-state index contributed by atoms with van der Waals surface area (Å²) in [5.41, 5.74) is 1.24. The van der Waals surface area contributed by atoms with Crippen molar-refractivity contribution in [3.8, 4) is 0 Å². The standard InChI is InChI=1S/C25H35NO3/c1-17-13-23-22(18(2)15-26(5)16-21-9-7-6-8-10-21)12-11-19(3)25(23,28)14-24(17)29-20(4)27/h6-10,13,18-19,22-24,28H,11-12,15-16H2,1-5H3/t18-,19-,22+,23-,24-,25-/m1/s1. The molecule has 4 heteroatoms. The maximum absolute atomic E-state index is 11.6. The Kier molecular flexibility index (Phi) is 6.85. The number of rotatable bonds is 6. The van der Waals surface area contributed by atoms with Crippen molar-refractivity contribution in [3.05, 3.63) is 54.0 Å². The smallest absolute Gasteiger partial charge is 0.303 e. The van der Waals surface area contributed by atoms with Crippen molar-refractivity contribution in [2.45, 2.75) is 58.8 Å². The van der Waals surface area contributed by atoms with Gasteiger partial charge in [-0.3, -0.25) is 4.79 Å². The van der Waals surface area contributed by atoms with E-state index in [4.69, 9.17) is 4.74 Å². The van der Waals surface area contributed by atoms with Gasteiger partial charge in [0, 0.05) is 25.9 Å². The van der Waals surface area contributed by atoms with Gasteiger partial charge in [0.1, 0.15) is 6.10 Å². The minimum Gasteiger partial charge on any atom is -0.457 e. The van der Waals surface area contributed by atoms with Crippen LogP contribution in [0, 0.1) is 30.1 Å². The highest BCUT2D eigenvalue weighted by Crippen LogP contribution is 2.50. The van der Waals surface area contributed by atoms with E-state index >= 15 is 0 Å². The Labute approximate surface area is 175 Å². The molecule has 0 saturated heterocycles. The Bertz CT molecular complexity index is 731.